The van der Waals surface area contributed by atoms with Crippen LogP contribution >= 0.6 is 11.6 Å². The Kier molecular flexibility index (Phi) is 5.08. The molecule has 0 aliphatic carbocycles. The SMILES string of the molecule is CNCCOc1ccc(C(=O)OC)c(Cl)c1. The van der Waals surface area contributed by atoms with Crippen molar-refractivity contribution in [1.29, 1.82) is 0 Å². The molecule has 0 amide bonds. The number of likely N-dealkylation sites (N-methyl/N-ethyl adjacent to an activating group) is 1. The van der Waals surface area contributed by atoms with Crippen molar-refractivity contribution >= 4 is 17.6 Å². The third-order valence-corrected chi connectivity index (χ3v) is 2.28. The lowest BCUT2D eigenvalue weighted by molar-refractivity contribution is 0.0601. The van der Waals surface area contributed by atoms with Gasteiger partial charge in [0, 0.05) is 6.54 Å². The topological polar surface area (TPSA) is 47.6 Å². The van der Waals surface area contributed by atoms with E-state index >= 15 is 0 Å². The molecule has 0 saturated carbocycles. The molecule has 0 bridgehead atoms. The predicted octanol–water partition coefficient (Wildman–Crippen LogP) is 1.72. The van der Waals surface area contributed by atoms with Gasteiger partial charge in [0.25, 0.3) is 0 Å². The number of esters is 1. The number of rotatable bonds is 5. The first-order chi connectivity index (χ1) is 7.69. The fourth-order valence-corrected chi connectivity index (χ4v) is 1.38. The van der Waals surface area contributed by atoms with E-state index < -0.39 is 5.97 Å². The summed E-state index contributed by atoms with van der Waals surface area (Å²) in [6, 6.07) is 4.88. The average Bonchev–Trinajstić information content (AvgIpc) is 2.29. The first kappa shape index (κ1) is 12.8. The maximum atomic E-state index is 11.2. The van der Waals surface area contributed by atoms with Crippen LogP contribution in [-0.4, -0.2) is 33.3 Å². The van der Waals surface area contributed by atoms with Gasteiger partial charge in [-0.1, -0.05) is 11.6 Å². The fourth-order valence-electron chi connectivity index (χ4n) is 1.13. The van der Waals surface area contributed by atoms with E-state index in [9.17, 15) is 4.79 Å². The summed E-state index contributed by atoms with van der Waals surface area (Å²) < 4.78 is 9.98. The molecule has 4 nitrogen and oxygen atoms in total. The molecule has 88 valence electrons. The number of nitrogens with one attached hydrogen (secondary N) is 1. The van der Waals surface area contributed by atoms with E-state index in [1.54, 1.807) is 18.2 Å². The van der Waals surface area contributed by atoms with Crippen LogP contribution in [0.15, 0.2) is 18.2 Å². The molecular formula is C11H14ClNO3. The minimum Gasteiger partial charge on any atom is -0.492 e. The average molecular weight is 244 g/mol. The Morgan fingerprint density at radius 3 is 2.81 bits per heavy atom. The monoisotopic (exact) mass is 243 g/mol. The lowest BCUT2D eigenvalue weighted by Crippen LogP contribution is -2.16. The third kappa shape index (κ3) is 3.40. The highest BCUT2D eigenvalue weighted by Gasteiger charge is 2.10. The summed E-state index contributed by atoms with van der Waals surface area (Å²) in [6.45, 7) is 1.29. The minimum atomic E-state index is -0.452. The van der Waals surface area contributed by atoms with Crippen LogP contribution in [0.5, 0.6) is 5.75 Å². The number of carbonyl (C=O) groups is 1. The molecule has 0 fully saturated rings. The van der Waals surface area contributed by atoms with Gasteiger partial charge >= 0.3 is 5.97 Å². The fraction of sp³-hybridized carbons (Fsp3) is 0.364. The second-order valence-corrected chi connectivity index (χ2v) is 3.49. The maximum Gasteiger partial charge on any atom is 0.339 e. The van der Waals surface area contributed by atoms with Gasteiger partial charge in [0.15, 0.2) is 0 Å². The number of benzene rings is 1. The first-order valence-electron chi connectivity index (χ1n) is 4.84. The molecule has 0 aromatic heterocycles. The zero-order chi connectivity index (χ0) is 12.0. The molecular weight excluding hydrogens is 230 g/mol. The summed E-state index contributed by atoms with van der Waals surface area (Å²) in [5, 5.41) is 3.29. The van der Waals surface area contributed by atoms with Crippen LogP contribution in [0.2, 0.25) is 5.02 Å². The zero-order valence-electron chi connectivity index (χ0n) is 9.25. The van der Waals surface area contributed by atoms with E-state index in [0.29, 0.717) is 22.9 Å². The molecule has 0 aliphatic heterocycles. The number of ether oxygens (including phenoxy) is 2. The molecule has 1 aromatic carbocycles. The van der Waals surface area contributed by atoms with E-state index in [4.69, 9.17) is 16.3 Å². The molecule has 0 unspecified atom stereocenters. The van der Waals surface area contributed by atoms with E-state index in [-0.39, 0.29) is 0 Å². The van der Waals surface area contributed by atoms with E-state index in [2.05, 4.69) is 10.1 Å². The molecule has 1 N–H and O–H groups in total. The quantitative estimate of drug-likeness (QED) is 0.632. The molecule has 0 atom stereocenters. The second-order valence-electron chi connectivity index (χ2n) is 3.09. The molecule has 1 aromatic rings. The van der Waals surface area contributed by atoms with E-state index in [1.165, 1.54) is 7.11 Å². The van der Waals surface area contributed by atoms with E-state index in [0.717, 1.165) is 6.54 Å². The van der Waals surface area contributed by atoms with Gasteiger partial charge in [-0.15, -0.1) is 0 Å². The molecule has 16 heavy (non-hydrogen) atoms. The van der Waals surface area contributed by atoms with Crippen LogP contribution < -0.4 is 10.1 Å². The molecule has 0 aliphatic rings. The van der Waals surface area contributed by atoms with Gasteiger partial charge in [0.1, 0.15) is 12.4 Å². The number of halogens is 1. The lowest BCUT2D eigenvalue weighted by Gasteiger charge is -2.07. The number of hydrogen-bond donors (Lipinski definition) is 1. The van der Waals surface area contributed by atoms with E-state index in [1.807, 2.05) is 7.05 Å². The lowest BCUT2D eigenvalue weighted by atomic mass is 10.2. The Morgan fingerprint density at radius 1 is 1.50 bits per heavy atom. The highest BCUT2D eigenvalue weighted by molar-refractivity contribution is 6.33. The van der Waals surface area contributed by atoms with Crippen molar-refractivity contribution in [2.45, 2.75) is 0 Å². The Bertz CT molecular complexity index is 368. The molecule has 5 heteroatoms. The zero-order valence-corrected chi connectivity index (χ0v) is 10.0. The van der Waals surface area contributed by atoms with Crippen molar-refractivity contribution in [3.05, 3.63) is 28.8 Å². The summed E-state index contributed by atoms with van der Waals surface area (Å²) in [5.41, 5.74) is 0.338. The largest absolute Gasteiger partial charge is 0.492 e. The second kappa shape index (κ2) is 6.35. The number of carbonyl (C=O) groups excluding carboxylic acids is 1. The van der Waals surface area contributed by atoms with Crippen LogP contribution in [0.3, 0.4) is 0 Å². The van der Waals surface area contributed by atoms with Crippen molar-refractivity contribution < 1.29 is 14.3 Å². The Balaban J connectivity index is 2.71. The van der Waals surface area contributed by atoms with Crippen molar-refractivity contribution in [1.82, 2.24) is 5.32 Å². The first-order valence-corrected chi connectivity index (χ1v) is 5.22. The molecule has 1 rings (SSSR count). The van der Waals surface area contributed by atoms with Crippen LogP contribution in [0.25, 0.3) is 0 Å². The third-order valence-electron chi connectivity index (χ3n) is 1.97. The summed E-state index contributed by atoms with van der Waals surface area (Å²) in [5.74, 6) is 0.180. The summed E-state index contributed by atoms with van der Waals surface area (Å²) in [4.78, 5) is 11.2. The highest BCUT2D eigenvalue weighted by Crippen LogP contribution is 2.23. The van der Waals surface area contributed by atoms with Gasteiger partial charge in [-0.05, 0) is 25.2 Å². The molecule has 0 heterocycles. The van der Waals surface area contributed by atoms with Gasteiger partial charge in [-0.3, -0.25) is 0 Å². The van der Waals surface area contributed by atoms with Gasteiger partial charge in [0.05, 0.1) is 17.7 Å². The highest BCUT2D eigenvalue weighted by atomic mass is 35.5. The van der Waals surface area contributed by atoms with Gasteiger partial charge in [-0.25, -0.2) is 4.79 Å². The minimum absolute atomic E-state index is 0.328. The predicted molar refractivity (Wildman–Crippen MR) is 62.2 cm³/mol. The number of methoxy groups -OCH3 is 1. The van der Waals surface area contributed by atoms with Crippen LogP contribution in [0.1, 0.15) is 10.4 Å². The Hall–Kier alpha value is -1.26. The van der Waals surface area contributed by atoms with Crippen LogP contribution in [0, 0.1) is 0 Å². The summed E-state index contributed by atoms with van der Waals surface area (Å²) in [6.07, 6.45) is 0. The van der Waals surface area contributed by atoms with Crippen molar-refractivity contribution in [3.63, 3.8) is 0 Å². The Labute approximate surface area is 99.5 Å². The van der Waals surface area contributed by atoms with Crippen molar-refractivity contribution in [2.24, 2.45) is 0 Å². The maximum absolute atomic E-state index is 11.2. The van der Waals surface area contributed by atoms with Gasteiger partial charge in [0.2, 0.25) is 0 Å². The summed E-state index contributed by atoms with van der Waals surface area (Å²) in [7, 11) is 3.16. The summed E-state index contributed by atoms with van der Waals surface area (Å²) >= 11 is 5.92. The van der Waals surface area contributed by atoms with Gasteiger partial charge < -0.3 is 14.8 Å². The van der Waals surface area contributed by atoms with Crippen LogP contribution in [-0.2, 0) is 4.74 Å². The number of hydrogen-bond acceptors (Lipinski definition) is 4. The van der Waals surface area contributed by atoms with Crippen molar-refractivity contribution in [2.75, 3.05) is 27.3 Å². The molecule has 0 saturated heterocycles. The molecule has 0 spiro atoms. The normalized spacial score (nSPS) is 9.94. The smallest absolute Gasteiger partial charge is 0.339 e. The molecule has 0 radical (unpaired) electrons. The Morgan fingerprint density at radius 2 is 2.25 bits per heavy atom. The standard InChI is InChI=1S/C11H14ClNO3/c1-13-5-6-16-8-3-4-9(10(12)7-8)11(14)15-2/h3-4,7,13H,5-6H2,1-2H3. The van der Waals surface area contributed by atoms with Gasteiger partial charge in [-0.2, -0.15) is 0 Å². The van der Waals surface area contributed by atoms with Crippen molar-refractivity contribution in [3.8, 4) is 5.75 Å². The van der Waals surface area contributed by atoms with Crippen LogP contribution in [0.4, 0.5) is 0 Å².